The summed E-state index contributed by atoms with van der Waals surface area (Å²) in [6, 6.07) is 1.43. The van der Waals surface area contributed by atoms with E-state index in [1.807, 2.05) is 5.32 Å². The molecule has 1 rings (SSSR count). The van der Waals surface area contributed by atoms with Crippen LogP contribution in [0.4, 0.5) is 23.7 Å². The van der Waals surface area contributed by atoms with Crippen LogP contribution in [0, 0.1) is 6.92 Å². The Morgan fingerprint density at radius 1 is 1.43 bits per heavy atom. The molecule has 5 nitrogen and oxygen atoms in total. The van der Waals surface area contributed by atoms with Gasteiger partial charge < -0.3 is 9.84 Å². The summed E-state index contributed by atoms with van der Waals surface area (Å²) in [6.45, 7) is 4.21. The number of nitrogens with one attached hydrogen (secondary N) is 1. The van der Waals surface area contributed by atoms with E-state index in [0.29, 0.717) is 6.07 Å². The Kier molecular flexibility index (Phi) is 4.96. The summed E-state index contributed by atoms with van der Waals surface area (Å²) in [5.41, 5.74) is -2.35. The summed E-state index contributed by atoms with van der Waals surface area (Å²) in [6.07, 6.45) is -4.47. The molecule has 0 heterocycles. The van der Waals surface area contributed by atoms with E-state index in [1.54, 1.807) is 0 Å². The second kappa shape index (κ2) is 6.29. The van der Waals surface area contributed by atoms with Gasteiger partial charge in [0.15, 0.2) is 0 Å². The first-order chi connectivity index (χ1) is 9.68. The predicted molar refractivity (Wildman–Crippen MR) is 68.3 cm³/mol. The third-order valence-electron chi connectivity index (χ3n) is 2.56. The van der Waals surface area contributed by atoms with Gasteiger partial charge in [-0.1, -0.05) is 12.7 Å². The highest BCUT2D eigenvalue weighted by atomic mass is 19.4. The molecule has 0 unspecified atom stereocenters. The molecular weight excluding hydrogens is 291 g/mol. The molecule has 0 aliphatic carbocycles. The number of rotatable bonds is 4. The maximum absolute atomic E-state index is 12.8. The number of amides is 1. The molecule has 1 aromatic carbocycles. The van der Waals surface area contributed by atoms with Crippen LogP contribution in [0.1, 0.15) is 21.5 Å². The van der Waals surface area contributed by atoms with Gasteiger partial charge in [-0.15, -0.1) is 0 Å². The maximum atomic E-state index is 12.8. The molecule has 0 spiro atoms. The Balaban J connectivity index is 3.28. The summed E-state index contributed by atoms with van der Waals surface area (Å²) < 4.78 is 43.0. The van der Waals surface area contributed by atoms with E-state index < -0.39 is 40.6 Å². The number of carbonyl (C=O) groups excluding carboxylic acids is 1. The fourth-order valence-corrected chi connectivity index (χ4v) is 1.63. The fourth-order valence-electron chi connectivity index (χ4n) is 1.63. The number of benzene rings is 1. The molecule has 0 fully saturated rings. The maximum Gasteiger partial charge on any atom is 0.416 e. The van der Waals surface area contributed by atoms with Gasteiger partial charge in [0, 0.05) is 0 Å². The lowest BCUT2D eigenvalue weighted by Gasteiger charge is -2.16. The molecule has 1 amide bonds. The van der Waals surface area contributed by atoms with Gasteiger partial charge >= 0.3 is 18.2 Å². The minimum atomic E-state index is -4.66. The zero-order valence-corrected chi connectivity index (χ0v) is 11.0. The normalized spacial score (nSPS) is 10.9. The van der Waals surface area contributed by atoms with Crippen LogP contribution < -0.4 is 5.32 Å². The zero-order chi connectivity index (χ0) is 16.2. The van der Waals surface area contributed by atoms with Gasteiger partial charge in [0.1, 0.15) is 6.61 Å². The van der Waals surface area contributed by atoms with Crippen molar-refractivity contribution in [1.29, 1.82) is 0 Å². The lowest BCUT2D eigenvalue weighted by Crippen LogP contribution is -2.19. The smallest absolute Gasteiger partial charge is 0.416 e. The van der Waals surface area contributed by atoms with Crippen LogP contribution in [-0.2, 0) is 10.9 Å². The Hall–Kier alpha value is -2.51. The highest BCUT2D eigenvalue weighted by Crippen LogP contribution is 2.36. The highest BCUT2D eigenvalue weighted by molar-refractivity contribution is 6.00. The van der Waals surface area contributed by atoms with Crippen molar-refractivity contribution in [1.82, 2.24) is 0 Å². The fraction of sp³-hybridized carbons (Fsp3) is 0.231. The molecule has 0 bridgehead atoms. The van der Waals surface area contributed by atoms with Crippen molar-refractivity contribution in [2.45, 2.75) is 13.1 Å². The SMILES string of the molecule is C=CCOC(=O)Nc1c(C(=O)O)ccc(C(F)(F)F)c1C. The van der Waals surface area contributed by atoms with Crippen molar-refractivity contribution in [2.75, 3.05) is 11.9 Å². The second-order valence-electron chi connectivity index (χ2n) is 3.98. The molecule has 0 aliphatic rings. The van der Waals surface area contributed by atoms with Crippen LogP contribution in [0.25, 0.3) is 0 Å². The summed E-state index contributed by atoms with van der Waals surface area (Å²) in [4.78, 5) is 22.4. The molecule has 8 heteroatoms. The van der Waals surface area contributed by atoms with E-state index in [2.05, 4.69) is 11.3 Å². The number of alkyl halides is 3. The summed E-state index contributed by atoms with van der Waals surface area (Å²) in [5, 5.41) is 11.0. The van der Waals surface area contributed by atoms with Crippen LogP contribution in [-0.4, -0.2) is 23.8 Å². The van der Waals surface area contributed by atoms with Crippen molar-refractivity contribution in [3.05, 3.63) is 41.5 Å². The van der Waals surface area contributed by atoms with Crippen LogP contribution in [0.5, 0.6) is 0 Å². The molecule has 0 aromatic heterocycles. The van der Waals surface area contributed by atoms with E-state index in [-0.39, 0.29) is 6.61 Å². The van der Waals surface area contributed by atoms with Crippen molar-refractivity contribution in [3.63, 3.8) is 0 Å². The Morgan fingerprint density at radius 3 is 2.52 bits per heavy atom. The average Bonchev–Trinajstić information content (AvgIpc) is 2.36. The molecule has 2 N–H and O–H groups in total. The van der Waals surface area contributed by atoms with Crippen molar-refractivity contribution >= 4 is 17.7 Å². The van der Waals surface area contributed by atoms with Crippen LogP contribution >= 0.6 is 0 Å². The number of ether oxygens (including phenoxy) is 1. The van der Waals surface area contributed by atoms with Gasteiger partial charge in [0.2, 0.25) is 0 Å². The summed E-state index contributed by atoms with van der Waals surface area (Å²) in [5.74, 6) is -1.47. The average molecular weight is 303 g/mol. The standard InChI is InChI=1S/C13H12F3NO4/c1-3-6-21-12(20)17-10-7(2)9(13(14,15)16)5-4-8(10)11(18)19/h3-5H,1,6H2,2H3,(H,17,20)(H,18,19). The summed E-state index contributed by atoms with van der Waals surface area (Å²) >= 11 is 0. The number of anilines is 1. The third kappa shape index (κ3) is 3.98. The largest absolute Gasteiger partial charge is 0.478 e. The van der Waals surface area contributed by atoms with E-state index in [1.165, 1.54) is 6.08 Å². The lowest BCUT2D eigenvalue weighted by molar-refractivity contribution is -0.138. The van der Waals surface area contributed by atoms with Crippen LogP contribution in [0.3, 0.4) is 0 Å². The Labute approximate surface area is 118 Å². The number of hydrogen-bond donors (Lipinski definition) is 2. The number of halogens is 3. The van der Waals surface area contributed by atoms with E-state index in [9.17, 15) is 22.8 Å². The van der Waals surface area contributed by atoms with E-state index in [0.717, 1.165) is 13.0 Å². The number of aromatic carboxylic acids is 1. The molecule has 0 saturated heterocycles. The first-order valence-electron chi connectivity index (χ1n) is 5.67. The number of carbonyl (C=O) groups is 2. The van der Waals surface area contributed by atoms with Crippen molar-refractivity contribution in [2.24, 2.45) is 0 Å². The van der Waals surface area contributed by atoms with Gasteiger partial charge in [-0.2, -0.15) is 13.2 Å². The minimum absolute atomic E-state index is 0.160. The number of hydrogen-bond acceptors (Lipinski definition) is 3. The number of carboxylic acid groups (broad SMARTS) is 1. The molecule has 0 radical (unpaired) electrons. The first-order valence-corrected chi connectivity index (χ1v) is 5.67. The lowest BCUT2D eigenvalue weighted by atomic mass is 10.0. The quantitative estimate of drug-likeness (QED) is 0.835. The van der Waals surface area contributed by atoms with Crippen molar-refractivity contribution in [3.8, 4) is 0 Å². The molecule has 0 saturated carbocycles. The zero-order valence-electron chi connectivity index (χ0n) is 11.0. The predicted octanol–water partition coefficient (Wildman–Crippen LogP) is 3.45. The second-order valence-corrected chi connectivity index (χ2v) is 3.98. The molecule has 1 aromatic rings. The highest BCUT2D eigenvalue weighted by Gasteiger charge is 2.34. The van der Waals surface area contributed by atoms with Gasteiger partial charge in [-0.3, -0.25) is 5.32 Å². The van der Waals surface area contributed by atoms with Crippen LogP contribution in [0.15, 0.2) is 24.8 Å². The minimum Gasteiger partial charge on any atom is -0.478 e. The molecule has 0 atom stereocenters. The van der Waals surface area contributed by atoms with Gasteiger partial charge in [0.05, 0.1) is 16.8 Å². The molecular formula is C13H12F3NO4. The van der Waals surface area contributed by atoms with Gasteiger partial charge in [-0.05, 0) is 24.6 Å². The van der Waals surface area contributed by atoms with E-state index in [4.69, 9.17) is 5.11 Å². The van der Waals surface area contributed by atoms with Crippen molar-refractivity contribution < 1.29 is 32.6 Å². The molecule has 0 aliphatic heterocycles. The first kappa shape index (κ1) is 16.5. The third-order valence-corrected chi connectivity index (χ3v) is 2.56. The molecule has 21 heavy (non-hydrogen) atoms. The van der Waals surface area contributed by atoms with Gasteiger partial charge in [-0.25, -0.2) is 9.59 Å². The number of carboxylic acids is 1. The monoisotopic (exact) mass is 303 g/mol. The van der Waals surface area contributed by atoms with Gasteiger partial charge in [0.25, 0.3) is 0 Å². The van der Waals surface area contributed by atoms with E-state index >= 15 is 0 Å². The molecule has 114 valence electrons. The van der Waals surface area contributed by atoms with Crippen LogP contribution in [0.2, 0.25) is 0 Å². The Bertz CT molecular complexity index is 582. The topological polar surface area (TPSA) is 75.6 Å². The Morgan fingerprint density at radius 2 is 2.05 bits per heavy atom. The summed E-state index contributed by atoms with van der Waals surface area (Å²) in [7, 11) is 0.